The zero-order valence-electron chi connectivity index (χ0n) is 43.4. The van der Waals surface area contributed by atoms with Gasteiger partial charge in [-0.25, -0.2) is 24.4 Å². The van der Waals surface area contributed by atoms with Crippen LogP contribution < -0.4 is 10.6 Å². The van der Waals surface area contributed by atoms with Gasteiger partial charge >= 0.3 is 24.2 Å². The molecule has 0 radical (unpaired) electrons. The van der Waals surface area contributed by atoms with Crippen molar-refractivity contribution in [1.29, 1.82) is 0 Å². The van der Waals surface area contributed by atoms with Gasteiger partial charge in [0.25, 0.3) is 0 Å². The molecule has 19 heteroatoms. The molecule has 3 aliphatic rings. The summed E-state index contributed by atoms with van der Waals surface area (Å²) in [6, 6.07) is 11.5. The molecule has 19 nitrogen and oxygen atoms in total. The number of carbonyl (C=O) groups is 5. The molecule has 0 unspecified atom stereocenters. The molecule has 0 spiro atoms. The number of cyclic esters (lactones) is 1. The van der Waals surface area contributed by atoms with Gasteiger partial charge in [-0.1, -0.05) is 70.2 Å². The van der Waals surface area contributed by atoms with Crippen LogP contribution in [-0.2, 0) is 44.6 Å². The fraction of sp³-hybridized carbons (Fsp3) is 0.585. The molecule has 72 heavy (non-hydrogen) atoms. The van der Waals surface area contributed by atoms with Gasteiger partial charge in [-0.3, -0.25) is 14.6 Å². The third-order valence-electron chi connectivity index (χ3n) is 14.3. The number of aliphatic hydroxyl groups is 1. The monoisotopic (exact) mass is 1000 g/mol. The number of amides is 3. The quantitative estimate of drug-likeness (QED) is 0.121. The zero-order valence-corrected chi connectivity index (χ0v) is 43.4. The number of benzene rings is 1. The van der Waals surface area contributed by atoms with Crippen molar-refractivity contribution in [3.8, 4) is 11.4 Å². The second-order valence-corrected chi connectivity index (χ2v) is 20.0. The van der Waals surface area contributed by atoms with E-state index in [4.69, 9.17) is 28.4 Å². The average molecular weight is 1000 g/mol. The van der Waals surface area contributed by atoms with E-state index in [-0.39, 0.29) is 38.3 Å². The van der Waals surface area contributed by atoms with Gasteiger partial charge in [-0.2, -0.15) is 0 Å². The van der Waals surface area contributed by atoms with Crippen LogP contribution in [0.3, 0.4) is 0 Å². The van der Waals surface area contributed by atoms with Gasteiger partial charge in [0.05, 0.1) is 24.6 Å². The molecule has 0 bridgehead atoms. The van der Waals surface area contributed by atoms with Crippen LogP contribution in [0.2, 0.25) is 0 Å². The third kappa shape index (κ3) is 13.0. The van der Waals surface area contributed by atoms with Crippen LogP contribution in [0.4, 0.5) is 14.4 Å². The number of hydrogen-bond acceptors (Lipinski definition) is 16. The van der Waals surface area contributed by atoms with E-state index in [1.54, 1.807) is 98.4 Å². The number of fused-ring (bicyclic) bond motifs is 1. The van der Waals surface area contributed by atoms with Crippen LogP contribution in [-0.4, -0.2) is 147 Å². The van der Waals surface area contributed by atoms with E-state index in [2.05, 4.69) is 25.6 Å². The Balaban J connectivity index is 1.42. The molecule has 2 aromatic heterocycles. The number of aliphatic hydroxyl groups excluding tert-OH is 1. The number of hydrogen-bond donors (Lipinski definition) is 3. The van der Waals surface area contributed by atoms with Gasteiger partial charge in [0.1, 0.15) is 35.8 Å². The Hall–Kier alpha value is -6.02. The highest BCUT2D eigenvalue weighted by molar-refractivity contribution is 5.85. The molecule has 14 atom stereocenters. The molecule has 392 valence electrons. The van der Waals surface area contributed by atoms with Crippen molar-refractivity contribution >= 4 is 36.1 Å². The van der Waals surface area contributed by atoms with Gasteiger partial charge in [0.2, 0.25) is 0 Å². The van der Waals surface area contributed by atoms with Gasteiger partial charge in [0.15, 0.2) is 17.7 Å². The van der Waals surface area contributed by atoms with Crippen LogP contribution in [0.15, 0.2) is 73.3 Å². The topological polar surface area (TPSA) is 230 Å². The van der Waals surface area contributed by atoms with Crippen LogP contribution in [0.1, 0.15) is 92.7 Å². The molecule has 5 heterocycles. The molecule has 3 aromatic rings. The lowest BCUT2D eigenvalue weighted by atomic mass is 9.73. The zero-order chi connectivity index (χ0) is 52.5. The lowest BCUT2D eigenvalue weighted by molar-refractivity contribution is -0.298. The first-order chi connectivity index (χ1) is 34.2. The van der Waals surface area contributed by atoms with Crippen molar-refractivity contribution in [2.75, 3.05) is 27.2 Å². The summed E-state index contributed by atoms with van der Waals surface area (Å²) < 4.78 is 38.4. The van der Waals surface area contributed by atoms with Gasteiger partial charge in [0, 0.05) is 67.2 Å². The lowest BCUT2D eigenvalue weighted by Gasteiger charge is -2.48. The number of nitrogens with zero attached hydrogens (tertiary/aromatic N) is 5. The number of ether oxygens (including phenoxy) is 6. The number of esters is 1. The van der Waals surface area contributed by atoms with Crippen molar-refractivity contribution in [3.63, 3.8) is 0 Å². The summed E-state index contributed by atoms with van der Waals surface area (Å²) in [5.41, 5.74) is -0.864. The normalized spacial score (nSPS) is 32.4. The van der Waals surface area contributed by atoms with E-state index in [0.717, 1.165) is 16.7 Å². The van der Waals surface area contributed by atoms with Gasteiger partial charge < -0.3 is 54.0 Å². The SMILES string of the molecule is CC[C@H]1OC(=O)[C@H](C)[C@@H](OC(=O)N(CC)Cc2cccnc2)[C@H](C)[C@@H](O[C@@H]2O[C@H](C)C[C@H](N(C)C)[C@H]2O)[C@](C)(OC(=O)NCC=Cc2ccc(-c3ncccn3)cc2)C[C@@H](C)C(=O)[C@H](C)[C@H]2NC(=O)O[C@@]21C. The third-order valence-corrected chi connectivity index (χ3v) is 14.3. The molecule has 0 saturated carbocycles. The van der Waals surface area contributed by atoms with Crippen LogP contribution in [0, 0.1) is 23.7 Å². The molecule has 3 aliphatic heterocycles. The minimum absolute atomic E-state index is 0.0307. The van der Waals surface area contributed by atoms with E-state index in [9.17, 15) is 29.1 Å². The predicted octanol–water partition coefficient (Wildman–Crippen LogP) is 6.58. The molecule has 3 amide bonds. The smallest absolute Gasteiger partial charge is 0.410 e. The van der Waals surface area contributed by atoms with E-state index < -0.39 is 108 Å². The number of nitrogens with one attached hydrogen (secondary N) is 2. The first kappa shape index (κ1) is 55.3. The standard InChI is InChI=1S/C53H73N7O12/c1-12-40-53(9)44(58-50(65)72-53)33(5)41(61)31(3)28-52(8,71-49(64)57-24-15-17-36-19-21-38(22-20-36)46-55-25-16-26-56-46)45(70-48-42(62)39(59(10)11)27-32(4)67-48)34(6)43(35(7)47(63)68-40)69-51(66)60(13-2)30-37-18-14-23-54-29-37/h14-23,25-26,29,31-35,39-40,42-45,48,62H,12-13,24,27-28,30H2,1-11H3,(H,57,64)(H,58,65)/t31-,32-,33+,34+,35-,39+,40-,42-,43+,44-,45-,48+,52-,53-/m1/s1. The second kappa shape index (κ2) is 24.1. The number of Topliss-reactive ketones (excluding diaryl/α,β-unsaturated/α-hetero) is 1. The molecule has 6 rings (SSSR count). The largest absolute Gasteiger partial charge is 0.458 e. The highest BCUT2D eigenvalue weighted by Crippen LogP contribution is 2.42. The molecular weight excluding hydrogens is 927 g/mol. The number of pyridine rings is 1. The fourth-order valence-corrected chi connectivity index (χ4v) is 10.4. The Labute approximate surface area is 422 Å². The summed E-state index contributed by atoms with van der Waals surface area (Å²) in [7, 11) is 3.67. The minimum atomic E-state index is -1.79. The molecular formula is C53H73N7O12. The van der Waals surface area contributed by atoms with Crippen molar-refractivity contribution in [1.82, 2.24) is 35.4 Å². The molecule has 3 saturated heterocycles. The van der Waals surface area contributed by atoms with E-state index >= 15 is 0 Å². The number of aromatic nitrogens is 3. The Morgan fingerprint density at radius 3 is 2.32 bits per heavy atom. The highest BCUT2D eigenvalue weighted by atomic mass is 16.7. The molecule has 3 N–H and O–H groups in total. The highest BCUT2D eigenvalue weighted by Gasteiger charge is 2.58. The number of carbonyl (C=O) groups excluding carboxylic acids is 5. The maximum atomic E-state index is 14.8. The van der Waals surface area contributed by atoms with Crippen LogP contribution in [0.25, 0.3) is 17.5 Å². The summed E-state index contributed by atoms with van der Waals surface area (Å²) in [5, 5.41) is 17.6. The Morgan fingerprint density at radius 1 is 0.972 bits per heavy atom. The second-order valence-electron chi connectivity index (χ2n) is 20.0. The summed E-state index contributed by atoms with van der Waals surface area (Å²) in [6.45, 7) is 15.7. The number of ketones is 1. The van der Waals surface area contributed by atoms with Crippen molar-refractivity contribution in [2.24, 2.45) is 23.7 Å². The maximum Gasteiger partial charge on any atom is 0.410 e. The fourth-order valence-electron chi connectivity index (χ4n) is 10.4. The summed E-state index contributed by atoms with van der Waals surface area (Å²) in [5.74, 6) is -4.57. The van der Waals surface area contributed by atoms with E-state index in [1.165, 1.54) is 4.90 Å². The summed E-state index contributed by atoms with van der Waals surface area (Å²) in [4.78, 5) is 87.5. The number of rotatable bonds is 13. The molecule has 3 fully saturated rings. The Morgan fingerprint density at radius 2 is 1.68 bits per heavy atom. The Bertz CT molecular complexity index is 2340. The van der Waals surface area contributed by atoms with Crippen LogP contribution >= 0.6 is 0 Å². The first-order valence-electron chi connectivity index (χ1n) is 24.9. The van der Waals surface area contributed by atoms with Gasteiger partial charge in [-0.05, 0) is 91.2 Å². The summed E-state index contributed by atoms with van der Waals surface area (Å²) >= 11 is 0. The number of alkyl carbamates (subject to hydrolysis) is 2. The average Bonchev–Trinajstić information content (AvgIpc) is 3.68. The van der Waals surface area contributed by atoms with Crippen molar-refractivity contribution in [3.05, 3.63) is 84.5 Å². The predicted molar refractivity (Wildman–Crippen MR) is 266 cm³/mol. The van der Waals surface area contributed by atoms with Crippen LogP contribution in [0.5, 0.6) is 0 Å². The summed E-state index contributed by atoms with van der Waals surface area (Å²) in [6.07, 6.45) is 1.56. The van der Waals surface area contributed by atoms with Gasteiger partial charge in [-0.15, -0.1) is 0 Å². The molecule has 0 aliphatic carbocycles. The van der Waals surface area contributed by atoms with E-state index in [0.29, 0.717) is 12.2 Å². The maximum absolute atomic E-state index is 14.8. The van der Waals surface area contributed by atoms with E-state index in [1.807, 2.05) is 62.3 Å². The number of likely N-dealkylation sites (N-methyl/N-ethyl adjacent to an activating group) is 1. The minimum Gasteiger partial charge on any atom is -0.458 e. The van der Waals surface area contributed by atoms with Crippen molar-refractivity contribution < 1.29 is 57.5 Å². The Kier molecular flexibility index (Phi) is 18.5. The molecule has 1 aromatic carbocycles. The van der Waals surface area contributed by atoms with Crippen molar-refractivity contribution in [2.45, 2.75) is 148 Å². The lowest BCUT2D eigenvalue weighted by Crippen LogP contribution is -2.61. The first-order valence-corrected chi connectivity index (χ1v) is 24.9.